The molecule has 2 heterocycles. The maximum absolute atomic E-state index is 14.9. The summed E-state index contributed by atoms with van der Waals surface area (Å²) in [5.74, 6) is -2.32. The van der Waals surface area contributed by atoms with E-state index in [4.69, 9.17) is 0 Å². The highest BCUT2D eigenvalue weighted by molar-refractivity contribution is 6.25. The lowest BCUT2D eigenvalue weighted by atomic mass is 9.93. The van der Waals surface area contributed by atoms with Crippen LogP contribution in [0.15, 0.2) is 71.7 Å². The fourth-order valence-corrected chi connectivity index (χ4v) is 4.30. The van der Waals surface area contributed by atoms with Crippen molar-refractivity contribution in [1.29, 1.82) is 0 Å². The molecule has 0 saturated heterocycles. The fourth-order valence-electron chi connectivity index (χ4n) is 4.30. The third-order valence-electron chi connectivity index (χ3n) is 5.91. The third kappa shape index (κ3) is 3.24. The fraction of sp³-hybridized carbons (Fsp3) is 0.154. The van der Waals surface area contributed by atoms with Crippen LogP contribution in [0.1, 0.15) is 57.2 Å². The average molecular weight is 441 g/mol. The zero-order valence-electron chi connectivity index (χ0n) is 18.0. The van der Waals surface area contributed by atoms with Crippen LogP contribution in [0.3, 0.4) is 0 Å². The van der Waals surface area contributed by atoms with Gasteiger partial charge in [-0.1, -0.05) is 56.3 Å². The Balaban J connectivity index is 1.73. The molecule has 6 nitrogen and oxygen atoms in total. The number of rotatable bonds is 3. The quantitative estimate of drug-likeness (QED) is 0.614. The number of para-hydroxylation sites is 1. The molecule has 7 heteroatoms. The summed E-state index contributed by atoms with van der Waals surface area (Å²) in [6, 6.07) is 17.9. The van der Waals surface area contributed by atoms with Crippen molar-refractivity contribution in [3.05, 3.63) is 100 Å². The lowest BCUT2D eigenvalue weighted by Crippen LogP contribution is -2.46. The first-order valence-corrected chi connectivity index (χ1v) is 10.6. The molecule has 0 bridgehead atoms. The Morgan fingerprint density at radius 3 is 2.00 bits per heavy atom. The lowest BCUT2D eigenvalue weighted by Gasteiger charge is -2.21. The van der Waals surface area contributed by atoms with Crippen molar-refractivity contribution in [3.63, 3.8) is 0 Å². The molecule has 0 radical (unpaired) electrons. The Morgan fingerprint density at radius 2 is 1.39 bits per heavy atom. The SMILES string of the molecule is CC(C)c1cccc2c1NC(=O)C(N1C(=O)c3ccccc3C1=O)N=C2c1ccccc1F. The van der Waals surface area contributed by atoms with Gasteiger partial charge in [0.1, 0.15) is 5.82 Å². The summed E-state index contributed by atoms with van der Waals surface area (Å²) in [6.07, 6.45) is -1.49. The van der Waals surface area contributed by atoms with E-state index in [0.717, 1.165) is 10.5 Å². The number of halogens is 1. The zero-order chi connectivity index (χ0) is 23.3. The number of nitrogens with one attached hydrogen (secondary N) is 1. The van der Waals surface area contributed by atoms with Gasteiger partial charge in [0.15, 0.2) is 0 Å². The summed E-state index contributed by atoms with van der Waals surface area (Å²) in [5.41, 5.74) is 2.67. The summed E-state index contributed by atoms with van der Waals surface area (Å²) in [6.45, 7) is 3.96. The molecule has 33 heavy (non-hydrogen) atoms. The van der Waals surface area contributed by atoms with Gasteiger partial charge < -0.3 is 5.32 Å². The standard InChI is InChI=1S/C26H20FN3O3/c1-14(2)15-11-7-12-19-21(15)29-24(31)23(28-22(19)18-10-5-6-13-20(18)27)30-25(32)16-8-3-4-9-17(16)26(30)33/h3-14,23H,1-2H3,(H,29,31). The van der Waals surface area contributed by atoms with Crippen molar-refractivity contribution < 1.29 is 18.8 Å². The van der Waals surface area contributed by atoms with Crippen LogP contribution in [0.5, 0.6) is 0 Å². The number of amides is 3. The van der Waals surface area contributed by atoms with Crippen LogP contribution in [0.4, 0.5) is 10.1 Å². The predicted octanol–water partition coefficient (Wildman–Crippen LogP) is 4.36. The van der Waals surface area contributed by atoms with Gasteiger partial charge in [-0.25, -0.2) is 14.3 Å². The summed E-state index contributed by atoms with van der Waals surface area (Å²) < 4.78 is 14.9. The van der Waals surface area contributed by atoms with Crippen molar-refractivity contribution in [1.82, 2.24) is 4.90 Å². The molecule has 2 aliphatic heterocycles. The van der Waals surface area contributed by atoms with Crippen molar-refractivity contribution in [2.75, 3.05) is 5.32 Å². The first-order valence-electron chi connectivity index (χ1n) is 10.6. The van der Waals surface area contributed by atoms with E-state index >= 15 is 0 Å². The Bertz CT molecular complexity index is 1330. The van der Waals surface area contributed by atoms with E-state index in [1.165, 1.54) is 18.2 Å². The summed E-state index contributed by atoms with van der Waals surface area (Å²) in [4.78, 5) is 45.0. The van der Waals surface area contributed by atoms with Gasteiger partial charge in [-0.3, -0.25) is 14.4 Å². The molecule has 0 aromatic heterocycles. The molecule has 1 unspecified atom stereocenters. The second-order valence-electron chi connectivity index (χ2n) is 8.27. The average Bonchev–Trinajstić information content (AvgIpc) is 2.96. The number of benzodiazepines with no additional fused rings is 1. The van der Waals surface area contributed by atoms with E-state index in [1.807, 2.05) is 26.0 Å². The van der Waals surface area contributed by atoms with Crippen molar-refractivity contribution in [2.24, 2.45) is 4.99 Å². The molecule has 0 aliphatic carbocycles. The monoisotopic (exact) mass is 441 g/mol. The van der Waals surface area contributed by atoms with E-state index < -0.39 is 29.7 Å². The first-order chi connectivity index (χ1) is 15.9. The molecular weight excluding hydrogens is 421 g/mol. The van der Waals surface area contributed by atoms with Crippen molar-refractivity contribution in [2.45, 2.75) is 25.9 Å². The molecule has 5 rings (SSSR count). The minimum absolute atomic E-state index is 0.0537. The number of benzene rings is 3. The van der Waals surface area contributed by atoms with E-state index in [2.05, 4.69) is 10.3 Å². The molecular formula is C26H20FN3O3. The van der Waals surface area contributed by atoms with Gasteiger partial charge in [-0.2, -0.15) is 0 Å². The van der Waals surface area contributed by atoms with Gasteiger partial charge in [0.2, 0.25) is 6.17 Å². The highest BCUT2D eigenvalue weighted by Gasteiger charge is 2.44. The van der Waals surface area contributed by atoms with E-state index in [0.29, 0.717) is 11.3 Å². The highest BCUT2D eigenvalue weighted by atomic mass is 19.1. The topological polar surface area (TPSA) is 78.8 Å². The predicted molar refractivity (Wildman–Crippen MR) is 122 cm³/mol. The molecule has 1 N–H and O–H groups in total. The van der Waals surface area contributed by atoms with Crippen LogP contribution in [0.2, 0.25) is 0 Å². The smallest absolute Gasteiger partial charge is 0.270 e. The summed E-state index contributed by atoms with van der Waals surface area (Å²) in [7, 11) is 0. The number of carbonyl (C=O) groups is 3. The second kappa shape index (κ2) is 7.78. The Morgan fingerprint density at radius 1 is 0.818 bits per heavy atom. The van der Waals surface area contributed by atoms with Gasteiger partial charge in [0, 0.05) is 11.1 Å². The summed E-state index contributed by atoms with van der Waals surface area (Å²) in [5, 5.41) is 2.86. The van der Waals surface area contributed by atoms with Crippen LogP contribution >= 0.6 is 0 Å². The van der Waals surface area contributed by atoms with Gasteiger partial charge in [-0.15, -0.1) is 0 Å². The second-order valence-corrected chi connectivity index (χ2v) is 8.27. The number of hydrogen-bond acceptors (Lipinski definition) is 4. The maximum atomic E-state index is 14.9. The Labute approximate surface area is 189 Å². The Kier molecular flexibility index (Phi) is 4.89. The van der Waals surface area contributed by atoms with E-state index in [-0.39, 0.29) is 28.3 Å². The largest absolute Gasteiger partial charge is 0.322 e. The third-order valence-corrected chi connectivity index (χ3v) is 5.91. The van der Waals surface area contributed by atoms with Crippen molar-refractivity contribution in [3.8, 4) is 0 Å². The molecule has 3 aromatic rings. The van der Waals surface area contributed by atoms with Gasteiger partial charge in [-0.05, 0) is 35.7 Å². The number of carbonyl (C=O) groups excluding carboxylic acids is 3. The minimum Gasteiger partial charge on any atom is -0.322 e. The van der Waals surface area contributed by atoms with Gasteiger partial charge in [0.25, 0.3) is 17.7 Å². The zero-order valence-corrected chi connectivity index (χ0v) is 18.0. The van der Waals surface area contributed by atoms with Crippen LogP contribution in [-0.2, 0) is 4.79 Å². The number of fused-ring (bicyclic) bond motifs is 2. The lowest BCUT2D eigenvalue weighted by molar-refractivity contribution is -0.119. The van der Waals surface area contributed by atoms with Crippen molar-refractivity contribution >= 4 is 29.1 Å². The van der Waals surface area contributed by atoms with Crippen LogP contribution in [0.25, 0.3) is 0 Å². The first kappa shape index (κ1) is 20.8. The highest BCUT2D eigenvalue weighted by Crippen LogP contribution is 2.34. The van der Waals surface area contributed by atoms with Crippen LogP contribution in [0, 0.1) is 5.82 Å². The number of nitrogens with zero attached hydrogens (tertiary/aromatic N) is 2. The normalized spacial score (nSPS) is 17.5. The molecule has 1 atom stereocenters. The Hall–Kier alpha value is -4.13. The summed E-state index contributed by atoms with van der Waals surface area (Å²) >= 11 is 0. The van der Waals surface area contributed by atoms with Gasteiger partial charge in [0.05, 0.1) is 22.5 Å². The molecule has 164 valence electrons. The molecule has 3 aromatic carbocycles. The number of hydrogen-bond donors (Lipinski definition) is 1. The van der Waals surface area contributed by atoms with E-state index in [1.54, 1.807) is 36.4 Å². The van der Waals surface area contributed by atoms with Gasteiger partial charge >= 0.3 is 0 Å². The minimum atomic E-state index is -1.49. The molecule has 0 fully saturated rings. The van der Waals surface area contributed by atoms with Crippen LogP contribution in [-0.4, -0.2) is 34.5 Å². The number of aliphatic imine (C=N–C) groups is 1. The van der Waals surface area contributed by atoms with E-state index in [9.17, 15) is 18.8 Å². The molecule has 2 aliphatic rings. The molecule has 0 spiro atoms. The van der Waals surface area contributed by atoms with Crippen LogP contribution < -0.4 is 5.32 Å². The number of anilines is 1. The number of imide groups is 1. The molecule has 3 amide bonds. The maximum Gasteiger partial charge on any atom is 0.270 e. The molecule has 0 saturated carbocycles.